The van der Waals surface area contributed by atoms with Crippen LogP contribution in [-0.4, -0.2) is 30.3 Å². The van der Waals surface area contributed by atoms with Crippen LogP contribution in [0.2, 0.25) is 0 Å². The van der Waals surface area contributed by atoms with Crippen molar-refractivity contribution in [2.75, 3.05) is 13.6 Å². The predicted octanol–water partition coefficient (Wildman–Crippen LogP) is 1.70. The standard InChI is InChI=1S/C8H13NO.C5H9NO/c1-2-7-5-3-4-6-9-8(7)10;1-4-6(3)5(2)7/h2,7H,1,3-6H2,(H,9,10);4H,1H2,2-3H3. The molecule has 1 fully saturated rings. The van der Waals surface area contributed by atoms with E-state index in [9.17, 15) is 9.59 Å². The molecule has 1 heterocycles. The molecule has 1 atom stereocenters. The first kappa shape index (κ1) is 15.4. The fraction of sp³-hybridized carbons (Fsp3) is 0.538. The monoisotopic (exact) mass is 238 g/mol. The van der Waals surface area contributed by atoms with Gasteiger partial charge in [-0.2, -0.15) is 0 Å². The van der Waals surface area contributed by atoms with Crippen molar-refractivity contribution < 1.29 is 9.59 Å². The van der Waals surface area contributed by atoms with Crippen molar-refractivity contribution in [3.63, 3.8) is 0 Å². The van der Waals surface area contributed by atoms with Crippen LogP contribution in [-0.2, 0) is 9.59 Å². The Hall–Kier alpha value is -1.58. The number of carbonyl (C=O) groups excluding carboxylic acids is 2. The Labute approximate surface area is 103 Å². The van der Waals surface area contributed by atoms with E-state index in [1.165, 1.54) is 18.0 Å². The number of rotatable bonds is 2. The van der Waals surface area contributed by atoms with E-state index in [4.69, 9.17) is 0 Å². The second-order valence-electron chi connectivity index (χ2n) is 3.94. The van der Waals surface area contributed by atoms with E-state index in [1.54, 1.807) is 13.1 Å². The first-order chi connectivity index (χ1) is 8.02. The molecule has 2 amide bonds. The molecule has 1 N–H and O–H groups in total. The van der Waals surface area contributed by atoms with Gasteiger partial charge in [-0.15, -0.1) is 6.58 Å². The van der Waals surface area contributed by atoms with Crippen molar-refractivity contribution in [2.45, 2.75) is 26.2 Å². The molecule has 96 valence electrons. The quantitative estimate of drug-likeness (QED) is 0.744. The molecule has 0 aromatic carbocycles. The molecule has 17 heavy (non-hydrogen) atoms. The lowest BCUT2D eigenvalue weighted by Crippen LogP contribution is -2.27. The van der Waals surface area contributed by atoms with Crippen LogP contribution in [0.4, 0.5) is 0 Å². The fourth-order valence-corrected chi connectivity index (χ4v) is 1.32. The third kappa shape index (κ3) is 6.56. The van der Waals surface area contributed by atoms with Crippen LogP contribution in [0.5, 0.6) is 0 Å². The molecule has 0 radical (unpaired) electrons. The molecule has 0 saturated carbocycles. The first-order valence-electron chi connectivity index (χ1n) is 5.79. The molecule has 1 unspecified atom stereocenters. The van der Waals surface area contributed by atoms with E-state index in [0.717, 1.165) is 25.8 Å². The highest BCUT2D eigenvalue weighted by atomic mass is 16.2. The largest absolute Gasteiger partial charge is 0.356 e. The van der Waals surface area contributed by atoms with Gasteiger partial charge in [-0.05, 0) is 19.0 Å². The summed E-state index contributed by atoms with van der Waals surface area (Å²) in [6.45, 7) is 9.33. The Morgan fingerprint density at radius 3 is 2.53 bits per heavy atom. The van der Waals surface area contributed by atoms with Gasteiger partial charge in [-0.25, -0.2) is 0 Å². The van der Waals surface area contributed by atoms with Crippen molar-refractivity contribution in [1.82, 2.24) is 10.2 Å². The van der Waals surface area contributed by atoms with Crippen molar-refractivity contribution in [2.24, 2.45) is 5.92 Å². The molecule has 0 spiro atoms. The van der Waals surface area contributed by atoms with Gasteiger partial charge < -0.3 is 10.2 Å². The van der Waals surface area contributed by atoms with Crippen molar-refractivity contribution in [3.05, 3.63) is 25.4 Å². The zero-order valence-electron chi connectivity index (χ0n) is 10.7. The van der Waals surface area contributed by atoms with Crippen LogP contribution >= 0.6 is 0 Å². The highest BCUT2D eigenvalue weighted by Gasteiger charge is 2.16. The number of hydrogen-bond acceptors (Lipinski definition) is 2. The smallest absolute Gasteiger partial charge is 0.226 e. The molecule has 1 aliphatic rings. The number of carbonyl (C=O) groups is 2. The second-order valence-corrected chi connectivity index (χ2v) is 3.94. The highest BCUT2D eigenvalue weighted by molar-refractivity contribution is 5.80. The highest BCUT2D eigenvalue weighted by Crippen LogP contribution is 2.12. The fourth-order valence-electron chi connectivity index (χ4n) is 1.32. The molecule has 1 aliphatic heterocycles. The van der Waals surface area contributed by atoms with Crippen LogP contribution < -0.4 is 5.32 Å². The van der Waals surface area contributed by atoms with Gasteiger partial charge in [0, 0.05) is 20.5 Å². The normalized spacial score (nSPS) is 18.9. The maximum atomic E-state index is 11.1. The van der Waals surface area contributed by atoms with Gasteiger partial charge in [0.05, 0.1) is 5.92 Å². The summed E-state index contributed by atoms with van der Waals surface area (Å²) in [7, 11) is 1.66. The Morgan fingerprint density at radius 1 is 1.47 bits per heavy atom. The third-order valence-corrected chi connectivity index (χ3v) is 2.63. The van der Waals surface area contributed by atoms with Gasteiger partial charge in [0.2, 0.25) is 11.8 Å². The second kappa shape index (κ2) is 8.56. The SMILES string of the molecule is C=CC1CCCCNC1=O.C=CN(C)C(C)=O. The first-order valence-corrected chi connectivity index (χ1v) is 5.79. The van der Waals surface area contributed by atoms with Crippen LogP contribution in [0, 0.1) is 5.92 Å². The number of amides is 2. The number of nitrogens with one attached hydrogen (secondary N) is 1. The lowest BCUT2D eigenvalue weighted by atomic mass is 10.0. The van der Waals surface area contributed by atoms with Gasteiger partial charge in [0.15, 0.2) is 0 Å². The summed E-state index contributed by atoms with van der Waals surface area (Å²) in [6.07, 6.45) is 6.42. The van der Waals surface area contributed by atoms with Gasteiger partial charge >= 0.3 is 0 Å². The zero-order valence-corrected chi connectivity index (χ0v) is 10.7. The Bertz CT molecular complexity index is 287. The van der Waals surface area contributed by atoms with Crippen LogP contribution in [0.15, 0.2) is 25.4 Å². The van der Waals surface area contributed by atoms with Crippen molar-refractivity contribution in [1.29, 1.82) is 0 Å². The van der Waals surface area contributed by atoms with E-state index in [2.05, 4.69) is 18.5 Å². The molecule has 4 heteroatoms. The number of hydrogen-bond donors (Lipinski definition) is 1. The average Bonchev–Trinajstić information content (AvgIpc) is 2.53. The molecule has 0 bridgehead atoms. The van der Waals surface area contributed by atoms with Gasteiger partial charge in [0.25, 0.3) is 0 Å². The van der Waals surface area contributed by atoms with Crippen molar-refractivity contribution in [3.8, 4) is 0 Å². The molecule has 0 aliphatic carbocycles. The summed E-state index contributed by atoms with van der Waals surface area (Å²) in [5.41, 5.74) is 0. The summed E-state index contributed by atoms with van der Waals surface area (Å²) in [6, 6.07) is 0. The summed E-state index contributed by atoms with van der Waals surface area (Å²) < 4.78 is 0. The molecule has 0 aromatic rings. The summed E-state index contributed by atoms with van der Waals surface area (Å²) in [4.78, 5) is 22.7. The minimum Gasteiger partial charge on any atom is -0.356 e. The lowest BCUT2D eigenvalue weighted by Gasteiger charge is -2.05. The molecule has 4 nitrogen and oxygen atoms in total. The molecular weight excluding hydrogens is 216 g/mol. The predicted molar refractivity (Wildman–Crippen MR) is 69.2 cm³/mol. The van der Waals surface area contributed by atoms with Gasteiger partial charge in [-0.1, -0.05) is 19.1 Å². The van der Waals surface area contributed by atoms with Gasteiger partial charge in [0.1, 0.15) is 0 Å². The molecule has 1 saturated heterocycles. The topological polar surface area (TPSA) is 49.4 Å². The molecule has 0 aromatic heterocycles. The van der Waals surface area contributed by atoms with E-state index < -0.39 is 0 Å². The van der Waals surface area contributed by atoms with Gasteiger partial charge in [-0.3, -0.25) is 9.59 Å². The van der Waals surface area contributed by atoms with Crippen LogP contribution in [0.1, 0.15) is 26.2 Å². The maximum Gasteiger partial charge on any atom is 0.226 e. The minimum absolute atomic E-state index is 0.00926. The van der Waals surface area contributed by atoms with Crippen LogP contribution in [0.25, 0.3) is 0 Å². The maximum absolute atomic E-state index is 11.1. The Balaban J connectivity index is 0.000000325. The van der Waals surface area contributed by atoms with E-state index >= 15 is 0 Å². The third-order valence-electron chi connectivity index (χ3n) is 2.63. The van der Waals surface area contributed by atoms with E-state index in [1.807, 2.05) is 0 Å². The zero-order chi connectivity index (χ0) is 13.3. The Morgan fingerprint density at radius 2 is 2.12 bits per heavy atom. The minimum atomic E-state index is 0.00926. The number of nitrogens with zero attached hydrogens (tertiary/aromatic N) is 1. The summed E-state index contributed by atoms with van der Waals surface area (Å²) in [5, 5.41) is 2.84. The summed E-state index contributed by atoms with van der Waals surface area (Å²) >= 11 is 0. The van der Waals surface area contributed by atoms with Crippen molar-refractivity contribution >= 4 is 11.8 Å². The van der Waals surface area contributed by atoms with E-state index in [0.29, 0.717) is 0 Å². The summed E-state index contributed by atoms with van der Waals surface area (Å²) in [5.74, 6) is 0.213. The van der Waals surface area contributed by atoms with Crippen LogP contribution in [0.3, 0.4) is 0 Å². The average molecular weight is 238 g/mol. The lowest BCUT2D eigenvalue weighted by molar-refractivity contribution is -0.125. The Kier molecular flexibility index (Phi) is 7.76. The molecule has 1 rings (SSSR count). The molecular formula is C13H22N2O2. The van der Waals surface area contributed by atoms with E-state index in [-0.39, 0.29) is 17.7 Å².